The standard InChI is InChI=1S/C10H14BrNOS/c1-9(2)5-6(12)8(11)14-7(5)10(3,4)13-9/h12H2,1-4H3. The van der Waals surface area contributed by atoms with Crippen molar-refractivity contribution in [2.45, 2.75) is 38.9 Å². The van der Waals surface area contributed by atoms with E-state index < -0.39 is 0 Å². The smallest absolute Gasteiger partial charge is 0.0983 e. The number of nitrogens with two attached hydrogens (primary N) is 1. The monoisotopic (exact) mass is 275 g/mol. The summed E-state index contributed by atoms with van der Waals surface area (Å²) < 4.78 is 7.01. The number of rotatable bonds is 0. The van der Waals surface area contributed by atoms with E-state index in [0.29, 0.717) is 0 Å². The molecule has 0 bridgehead atoms. The summed E-state index contributed by atoms with van der Waals surface area (Å²) >= 11 is 5.16. The molecular weight excluding hydrogens is 262 g/mol. The molecule has 0 fully saturated rings. The van der Waals surface area contributed by atoms with Gasteiger partial charge in [-0.1, -0.05) is 0 Å². The molecule has 0 saturated carbocycles. The lowest BCUT2D eigenvalue weighted by Gasteiger charge is -2.25. The normalized spacial score (nSPS) is 22.4. The summed E-state index contributed by atoms with van der Waals surface area (Å²) in [6.45, 7) is 8.30. The molecule has 0 saturated heterocycles. The van der Waals surface area contributed by atoms with Crippen molar-refractivity contribution in [1.29, 1.82) is 0 Å². The largest absolute Gasteiger partial charge is 0.397 e. The first-order valence-electron chi connectivity index (χ1n) is 4.54. The van der Waals surface area contributed by atoms with Gasteiger partial charge >= 0.3 is 0 Å². The second-order valence-electron chi connectivity index (χ2n) is 4.62. The number of anilines is 1. The number of nitrogen functional groups attached to an aromatic ring is 1. The zero-order valence-corrected chi connectivity index (χ0v) is 11.2. The van der Waals surface area contributed by atoms with Gasteiger partial charge in [-0.15, -0.1) is 11.3 Å². The van der Waals surface area contributed by atoms with Crippen LogP contribution in [0.3, 0.4) is 0 Å². The number of ether oxygens (including phenoxy) is 1. The average molecular weight is 276 g/mol. The van der Waals surface area contributed by atoms with Crippen LogP contribution in [-0.2, 0) is 15.9 Å². The number of hydrogen-bond acceptors (Lipinski definition) is 3. The van der Waals surface area contributed by atoms with Crippen LogP contribution >= 0.6 is 27.3 Å². The molecule has 0 radical (unpaired) electrons. The summed E-state index contributed by atoms with van der Waals surface area (Å²) in [7, 11) is 0. The molecule has 2 heterocycles. The van der Waals surface area contributed by atoms with Crippen LogP contribution < -0.4 is 5.73 Å². The minimum atomic E-state index is -0.272. The number of fused-ring (bicyclic) bond motifs is 1. The van der Waals surface area contributed by atoms with E-state index >= 15 is 0 Å². The van der Waals surface area contributed by atoms with Gasteiger partial charge in [0.1, 0.15) is 0 Å². The molecule has 0 atom stereocenters. The first-order chi connectivity index (χ1) is 6.26. The summed E-state index contributed by atoms with van der Waals surface area (Å²) in [6, 6.07) is 0. The third-order valence-electron chi connectivity index (χ3n) is 2.56. The van der Waals surface area contributed by atoms with E-state index in [9.17, 15) is 0 Å². The van der Waals surface area contributed by atoms with Crippen LogP contribution in [-0.4, -0.2) is 0 Å². The van der Waals surface area contributed by atoms with Crippen molar-refractivity contribution >= 4 is 33.0 Å². The molecule has 1 aromatic heterocycles. The summed E-state index contributed by atoms with van der Waals surface area (Å²) in [5, 5.41) is 0. The fourth-order valence-electron chi connectivity index (χ4n) is 2.17. The molecule has 1 aliphatic heterocycles. The molecule has 0 amide bonds. The Balaban J connectivity index is 2.72. The van der Waals surface area contributed by atoms with Crippen molar-refractivity contribution in [1.82, 2.24) is 0 Å². The second-order valence-corrected chi connectivity index (χ2v) is 6.95. The van der Waals surface area contributed by atoms with Gasteiger partial charge in [0.25, 0.3) is 0 Å². The van der Waals surface area contributed by atoms with Crippen LogP contribution in [0.5, 0.6) is 0 Å². The Morgan fingerprint density at radius 1 is 1.21 bits per heavy atom. The predicted octanol–water partition coefficient (Wildman–Crippen LogP) is 3.59. The molecular formula is C10H14BrNOS. The van der Waals surface area contributed by atoms with E-state index in [4.69, 9.17) is 10.5 Å². The van der Waals surface area contributed by atoms with Crippen molar-refractivity contribution in [2.75, 3.05) is 5.73 Å². The van der Waals surface area contributed by atoms with Crippen LogP contribution in [0.15, 0.2) is 3.79 Å². The van der Waals surface area contributed by atoms with Crippen LogP contribution in [0.25, 0.3) is 0 Å². The highest BCUT2D eigenvalue weighted by atomic mass is 79.9. The van der Waals surface area contributed by atoms with Crippen molar-refractivity contribution in [3.8, 4) is 0 Å². The molecule has 4 heteroatoms. The Morgan fingerprint density at radius 3 is 2.29 bits per heavy atom. The highest BCUT2D eigenvalue weighted by Crippen LogP contribution is 2.55. The lowest BCUT2D eigenvalue weighted by Crippen LogP contribution is -2.23. The molecule has 2 nitrogen and oxygen atoms in total. The average Bonchev–Trinajstić information content (AvgIpc) is 2.34. The molecule has 0 spiro atoms. The van der Waals surface area contributed by atoms with Crippen LogP contribution in [0.2, 0.25) is 0 Å². The van der Waals surface area contributed by atoms with Gasteiger partial charge in [-0.3, -0.25) is 0 Å². The quantitative estimate of drug-likeness (QED) is 0.785. The molecule has 1 aliphatic rings. The zero-order chi connectivity index (χ0) is 10.7. The van der Waals surface area contributed by atoms with E-state index in [1.807, 2.05) is 0 Å². The van der Waals surface area contributed by atoms with Gasteiger partial charge in [-0.05, 0) is 43.6 Å². The van der Waals surface area contributed by atoms with E-state index in [1.165, 1.54) is 4.88 Å². The van der Waals surface area contributed by atoms with Gasteiger partial charge in [-0.25, -0.2) is 0 Å². The minimum Gasteiger partial charge on any atom is -0.397 e. The van der Waals surface area contributed by atoms with Gasteiger partial charge in [-0.2, -0.15) is 0 Å². The minimum absolute atomic E-state index is 0.219. The predicted molar refractivity (Wildman–Crippen MR) is 63.6 cm³/mol. The molecule has 1 aromatic rings. The first-order valence-corrected chi connectivity index (χ1v) is 6.15. The summed E-state index contributed by atoms with van der Waals surface area (Å²) in [4.78, 5) is 1.24. The van der Waals surface area contributed by atoms with Crippen molar-refractivity contribution in [3.05, 3.63) is 14.2 Å². The van der Waals surface area contributed by atoms with Gasteiger partial charge < -0.3 is 10.5 Å². The Bertz CT molecular complexity index is 395. The Morgan fingerprint density at radius 2 is 1.79 bits per heavy atom. The summed E-state index contributed by atoms with van der Waals surface area (Å²) in [5.41, 5.74) is 7.53. The highest BCUT2D eigenvalue weighted by Gasteiger charge is 2.46. The van der Waals surface area contributed by atoms with Crippen molar-refractivity contribution in [2.24, 2.45) is 0 Å². The fourth-order valence-corrected chi connectivity index (χ4v) is 3.99. The molecule has 0 unspecified atom stereocenters. The summed E-state index contributed by atoms with van der Waals surface area (Å²) in [6.07, 6.45) is 0. The first kappa shape index (κ1) is 10.5. The number of thiophene rings is 1. The van der Waals surface area contributed by atoms with Gasteiger partial charge in [0.05, 0.1) is 20.7 Å². The lowest BCUT2D eigenvalue weighted by molar-refractivity contribution is -0.104. The molecule has 2 rings (SSSR count). The van der Waals surface area contributed by atoms with Crippen LogP contribution in [0, 0.1) is 0 Å². The molecule has 78 valence electrons. The maximum Gasteiger partial charge on any atom is 0.0983 e. The Hall–Kier alpha value is -0.0600. The van der Waals surface area contributed by atoms with Crippen LogP contribution in [0.1, 0.15) is 38.1 Å². The Labute approximate surface area is 96.6 Å². The van der Waals surface area contributed by atoms with E-state index in [2.05, 4.69) is 43.6 Å². The van der Waals surface area contributed by atoms with Gasteiger partial charge in [0.2, 0.25) is 0 Å². The van der Waals surface area contributed by atoms with Crippen molar-refractivity contribution in [3.63, 3.8) is 0 Å². The molecule has 14 heavy (non-hydrogen) atoms. The maximum atomic E-state index is 6.03. The molecule has 0 aliphatic carbocycles. The van der Waals surface area contributed by atoms with Gasteiger partial charge in [0, 0.05) is 10.4 Å². The topological polar surface area (TPSA) is 35.2 Å². The molecule has 2 N–H and O–H groups in total. The lowest BCUT2D eigenvalue weighted by atomic mass is 9.97. The fraction of sp³-hybridized carbons (Fsp3) is 0.600. The number of hydrogen-bond donors (Lipinski definition) is 1. The SMILES string of the molecule is CC1(C)OC(C)(C)c2c1sc(Br)c2N. The zero-order valence-electron chi connectivity index (χ0n) is 8.77. The maximum absolute atomic E-state index is 6.03. The summed E-state index contributed by atoms with van der Waals surface area (Å²) in [5.74, 6) is 0. The number of halogens is 1. The van der Waals surface area contributed by atoms with E-state index in [-0.39, 0.29) is 11.2 Å². The van der Waals surface area contributed by atoms with Gasteiger partial charge in [0.15, 0.2) is 0 Å². The van der Waals surface area contributed by atoms with Crippen molar-refractivity contribution < 1.29 is 4.74 Å². The van der Waals surface area contributed by atoms with E-state index in [1.54, 1.807) is 11.3 Å². The third kappa shape index (κ3) is 1.24. The second kappa shape index (κ2) is 2.74. The molecule has 0 aromatic carbocycles. The third-order valence-corrected chi connectivity index (χ3v) is 4.77. The Kier molecular flexibility index (Phi) is 2.05. The highest BCUT2D eigenvalue weighted by molar-refractivity contribution is 9.11. The van der Waals surface area contributed by atoms with E-state index in [0.717, 1.165) is 15.0 Å². The van der Waals surface area contributed by atoms with Crippen LogP contribution in [0.4, 0.5) is 5.69 Å².